The zero-order chi connectivity index (χ0) is 25.2. The number of nitrogens with zero attached hydrogens (tertiary/aromatic N) is 5. The lowest BCUT2D eigenvalue weighted by Gasteiger charge is -2.12. The second-order valence-electron chi connectivity index (χ2n) is 8.71. The number of carbonyl (C=O) groups is 1. The highest BCUT2D eigenvalue weighted by Gasteiger charge is 2.14. The van der Waals surface area contributed by atoms with Crippen molar-refractivity contribution in [2.75, 3.05) is 30.1 Å². The largest absolute Gasteiger partial charge is 0.378 e. The summed E-state index contributed by atoms with van der Waals surface area (Å²) in [5.74, 6) is 0.914. The number of hydrogen-bond donors (Lipinski definition) is 1. The van der Waals surface area contributed by atoms with E-state index in [9.17, 15) is 4.79 Å². The Balaban J connectivity index is 1.20. The van der Waals surface area contributed by atoms with Crippen LogP contribution in [0.5, 0.6) is 0 Å². The maximum Gasteiger partial charge on any atom is 0.234 e. The smallest absolute Gasteiger partial charge is 0.234 e. The molecular formula is C27H26N6OS2. The SMILES string of the molecule is Cc1ccc2nc(-c3ccc(NC(=O)CSc4nnc(-c5ccc(N(C)C)cc5)n4C)cc3)sc2c1. The summed E-state index contributed by atoms with van der Waals surface area (Å²) in [5.41, 5.74) is 6.12. The Morgan fingerprint density at radius 2 is 1.72 bits per heavy atom. The third-order valence-electron chi connectivity index (χ3n) is 5.77. The third kappa shape index (κ3) is 5.12. The second-order valence-corrected chi connectivity index (χ2v) is 10.7. The molecule has 5 aromatic rings. The minimum atomic E-state index is -0.0944. The van der Waals surface area contributed by atoms with Gasteiger partial charge < -0.3 is 14.8 Å². The molecule has 0 aliphatic heterocycles. The van der Waals surface area contributed by atoms with E-state index >= 15 is 0 Å². The first kappa shape index (κ1) is 24.0. The first-order chi connectivity index (χ1) is 17.4. The van der Waals surface area contributed by atoms with Crippen LogP contribution in [0.4, 0.5) is 11.4 Å². The van der Waals surface area contributed by atoms with Crippen LogP contribution >= 0.6 is 23.1 Å². The van der Waals surface area contributed by atoms with E-state index in [1.165, 1.54) is 22.0 Å². The van der Waals surface area contributed by atoms with Crippen LogP contribution in [-0.4, -0.2) is 45.5 Å². The van der Waals surface area contributed by atoms with Crippen molar-refractivity contribution in [3.05, 3.63) is 72.3 Å². The van der Waals surface area contributed by atoms with Crippen molar-refractivity contribution in [1.29, 1.82) is 0 Å². The van der Waals surface area contributed by atoms with E-state index in [1.54, 1.807) is 11.3 Å². The quantitative estimate of drug-likeness (QED) is 0.274. The lowest BCUT2D eigenvalue weighted by Crippen LogP contribution is -2.14. The Kier molecular flexibility index (Phi) is 6.75. The number of benzene rings is 3. The van der Waals surface area contributed by atoms with Crippen molar-refractivity contribution in [1.82, 2.24) is 19.7 Å². The van der Waals surface area contributed by atoms with Gasteiger partial charge in [-0.3, -0.25) is 4.79 Å². The molecule has 2 aromatic heterocycles. The van der Waals surface area contributed by atoms with Crippen LogP contribution in [0.2, 0.25) is 0 Å². The maximum atomic E-state index is 12.6. The lowest BCUT2D eigenvalue weighted by molar-refractivity contribution is -0.113. The van der Waals surface area contributed by atoms with Crippen LogP contribution < -0.4 is 10.2 Å². The first-order valence-corrected chi connectivity index (χ1v) is 13.2. The van der Waals surface area contributed by atoms with E-state index < -0.39 is 0 Å². The van der Waals surface area contributed by atoms with E-state index in [4.69, 9.17) is 4.98 Å². The number of anilines is 2. The minimum absolute atomic E-state index is 0.0944. The number of fused-ring (bicyclic) bond motifs is 1. The van der Waals surface area contributed by atoms with Gasteiger partial charge in [-0.05, 0) is 73.2 Å². The van der Waals surface area contributed by atoms with Crippen molar-refractivity contribution < 1.29 is 4.79 Å². The summed E-state index contributed by atoms with van der Waals surface area (Å²) in [6, 6.07) is 22.2. The van der Waals surface area contributed by atoms with Gasteiger partial charge in [0.05, 0.1) is 16.0 Å². The molecular weight excluding hydrogens is 488 g/mol. The Labute approximate surface area is 218 Å². The summed E-state index contributed by atoms with van der Waals surface area (Å²) in [7, 11) is 5.93. The van der Waals surface area contributed by atoms with Crippen molar-refractivity contribution in [3.8, 4) is 22.0 Å². The zero-order valence-corrected chi connectivity index (χ0v) is 22.2. The summed E-state index contributed by atoms with van der Waals surface area (Å²) in [5, 5.41) is 13.2. The molecule has 3 aromatic carbocycles. The number of thioether (sulfide) groups is 1. The molecule has 0 radical (unpaired) electrons. The molecule has 0 saturated heterocycles. The Bertz CT molecular complexity index is 1520. The topological polar surface area (TPSA) is 75.9 Å². The maximum absolute atomic E-state index is 12.6. The van der Waals surface area contributed by atoms with Crippen molar-refractivity contribution in [2.24, 2.45) is 7.05 Å². The van der Waals surface area contributed by atoms with Gasteiger partial charge >= 0.3 is 0 Å². The normalized spacial score (nSPS) is 11.1. The molecule has 5 rings (SSSR count). The molecule has 0 spiro atoms. The number of aromatic nitrogens is 4. The van der Waals surface area contributed by atoms with Crippen LogP contribution in [0.15, 0.2) is 71.9 Å². The number of aryl methyl sites for hydroxylation is 1. The molecule has 0 aliphatic carbocycles. The average molecular weight is 515 g/mol. The van der Waals surface area contributed by atoms with Crippen LogP contribution in [0.25, 0.3) is 32.2 Å². The Morgan fingerprint density at radius 1 is 1.00 bits per heavy atom. The number of carbonyl (C=O) groups excluding carboxylic acids is 1. The molecule has 0 unspecified atom stereocenters. The summed E-state index contributed by atoms with van der Waals surface area (Å²) in [4.78, 5) is 19.4. The third-order valence-corrected chi connectivity index (χ3v) is 7.86. The van der Waals surface area contributed by atoms with Crippen LogP contribution in [-0.2, 0) is 11.8 Å². The Morgan fingerprint density at radius 3 is 2.44 bits per heavy atom. The van der Waals surface area contributed by atoms with Gasteiger partial charge in [-0.1, -0.05) is 17.8 Å². The highest BCUT2D eigenvalue weighted by molar-refractivity contribution is 7.99. The fraction of sp³-hybridized carbons (Fsp3) is 0.185. The van der Waals surface area contributed by atoms with E-state index in [0.29, 0.717) is 5.16 Å². The van der Waals surface area contributed by atoms with Crippen molar-refractivity contribution in [3.63, 3.8) is 0 Å². The van der Waals surface area contributed by atoms with Crippen LogP contribution in [0.1, 0.15) is 5.56 Å². The predicted octanol–water partition coefficient (Wildman–Crippen LogP) is 5.86. The molecule has 2 heterocycles. The molecule has 0 aliphatic rings. The molecule has 1 N–H and O–H groups in total. The molecule has 0 fully saturated rings. The van der Waals surface area contributed by atoms with Gasteiger partial charge in [-0.15, -0.1) is 21.5 Å². The van der Waals surface area contributed by atoms with Gasteiger partial charge in [0.25, 0.3) is 0 Å². The fourth-order valence-corrected chi connectivity index (χ4v) is 5.56. The van der Waals surface area contributed by atoms with Crippen LogP contribution in [0.3, 0.4) is 0 Å². The highest BCUT2D eigenvalue weighted by atomic mass is 32.2. The van der Waals surface area contributed by atoms with Crippen molar-refractivity contribution in [2.45, 2.75) is 12.1 Å². The van der Waals surface area contributed by atoms with Gasteiger partial charge in [0, 0.05) is 43.6 Å². The number of rotatable bonds is 7. The summed E-state index contributed by atoms with van der Waals surface area (Å²) in [6.45, 7) is 2.09. The number of hydrogen-bond acceptors (Lipinski definition) is 7. The number of nitrogens with one attached hydrogen (secondary N) is 1. The average Bonchev–Trinajstić information content (AvgIpc) is 3.46. The van der Waals surface area contributed by atoms with Gasteiger partial charge in [0.2, 0.25) is 5.91 Å². The van der Waals surface area contributed by atoms with E-state index in [-0.39, 0.29) is 11.7 Å². The van der Waals surface area contributed by atoms with Gasteiger partial charge in [0.1, 0.15) is 5.01 Å². The molecule has 7 nitrogen and oxygen atoms in total. The van der Waals surface area contributed by atoms with Crippen molar-refractivity contribution >= 4 is 50.6 Å². The van der Waals surface area contributed by atoms with Crippen LogP contribution in [0, 0.1) is 6.92 Å². The lowest BCUT2D eigenvalue weighted by atomic mass is 10.2. The predicted molar refractivity (Wildman–Crippen MR) is 150 cm³/mol. The standard InChI is InChI=1S/C27H26N6OS2/c1-17-5-14-22-23(15-17)36-26(29-22)19-6-10-20(11-7-19)28-24(34)16-35-27-31-30-25(33(27)4)18-8-12-21(13-9-18)32(2)3/h5-15H,16H2,1-4H3,(H,28,34). The van der Waals surface area contributed by atoms with E-state index in [0.717, 1.165) is 38.9 Å². The Hall–Kier alpha value is -3.69. The highest BCUT2D eigenvalue weighted by Crippen LogP contribution is 2.31. The molecule has 1 amide bonds. The zero-order valence-electron chi connectivity index (χ0n) is 20.5. The van der Waals surface area contributed by atoms with Gasteiger partial charge in [-0.25, -0.2) is 4.98 Å². The number of thiazole rings is 1. The number of amides is 1. The molecule has 182 valence electrons. The molecule has 9 heteroatoms. The fourth-order valence-electron chi connectivity index (χ4n) is 3.78. The van der Waals surface area contributed by atoms with E-state index in [1.807, 2.05) is 74.2 Å². The summed E-state index contributed by atoms with van der Waals surface area (Å²) >= 11 is 3.04. The summed E-state index contributed by atoms with van der Waals surface area (Å²) in [6.07, 6.45) is 0. The second kappa shape index (κ2) is 10.1. The molecule has 0 saturated carbocycles. The molecule has 0 atom stereocenters. The molecule has 36 heavy (non-hydrogen) atoms. The monoisotopic (exact) mass is 514 g/mol. The minimum Gasteiger partial charge on any atom is -0.378 e. The summed E-state index contributed by atoms with van der Waals surface area (Å²) < 4.78 is 3.09. The first-order valence-electron chi connectivity index (χ1n) is 11.4. The van der Waals surface area contributed by atoms with Gasteiger partial charge in [0.15, 0.2) is 11.0 Å². The molecule has 0 bridgehead atoms. The van der Waals surface area contributed by atoms with E-state index in [2.05, 4.69) is 45.5 Å². The van der Waals surface area contributed by atoms with Gasteiger partial charge in [-0.2, -0.15) is 0 Å².